The minimum Gasteiger partial charge on any atom is -0.384 e. The van der Waals surface area contributed by atoms with Crippen LogP contribution in [0.5, 0.6) is 0 Å². The fourth-order valence-electron chi connectivity index (χ4n) is 1.92. The largest absolute Gasteiger partial charge is 0.384 e. The first-order chi connectivity index (χ1) is 9.11. The first-order valence-corrected chi connectivity index (χ1v) is 6.33. The minimum absolute atomic E-state index is 0.318. The van der Waals surface area contributed by atoms with E-state index in [4.69, 9.17) is 10.5 Å². The number of hydrogen-bond acceptors (Lipinski definition) is 4. The maximum atomic E-state index is 5.88. The normalized spacial score (nSPS) is 10.9. The lowest BCUT2D eigenvalue weighted by Gasteiger charge is -2.11. The van der Waals surface area contributed by atoms with E-state index in [0.717, 1.165) is 16.8 Å². The van der Waals surface area contributed by atoms with Gasteiger partial charge < -0.3 is 10.5 Å². The Labute approximate surface area is 113 Å². The first-order valence-electron chi connectivity index (χ1n) is 6.33. The van der Waals surface area contributed by atoms with Gasteiger partial charge in [-0.15, -0.1) is 0 Å². The molecule has 0 atom stereocenters. The molecule has 100 valence electrons. The first kappa shape index (κ1) is 13.5. The van der Waals surface area contributed by atoms with Crippen molar-refractivity contribution >= 4 is 5.82 Å². The van der Waals surface area contributed by atoms with E-state index < -0.39 is 0 Å². The molecule has 0 aliphatic heterocycles. The van der Waals surface area contributed by atoms with Gasteiger partial charge in [0.1, 0.15) is 5.82 Å². The standard InChI is InChI=1S/C15H19N3O/c1-10(2)13-8-14(16)18-15(17-13)12-7-5-4-6-11(12)9-19-3/h4-8,10H,9H2,1-3H3,(H2,16,17,18). The quantitative estimate of drug-likeness (QED) is 0.914. The van der Waals surface area contributed by atoms with Gasteiger partial charge in [-0.05, 0) is 11.5 Å². The van der Waals surface area contributed by atoms with Crippen LogP contribution < -0.4 is 5.73 Å². The highest BCUT2D eigenvalue weighted by molar-refractivity contribution is 5.61. The maximum Gasteiger partial charge on any atom is 0.162 e. The topological polar surface area (TPSA) is 61.0 Å². The molecule has 0 bridgehead atoms. The summed E-state index contributed by atoms with van der Waals surface area (Å²) in [6.07, 6.45) is 0. The van der Waals surface area contributed by atoms with Crippen molar-refractivity contribution in [2.24, 2.45) is 0 Å². The molecule has 0 radical (unpaired) electrons. The Morgan fingerprint density at radius 1 is 1.21 bits per heavy atom. The fraction of sp³-hybridized carbons (Fsp3) is 0.333. The van der Waals surface area contributed by atoms with E-state index in [2.05, 4.69) is 23.8 Å². The zero-order chi connectivity index (χ0) is 13.8. The molecule has 1 heterocycles. The molecular formula is C15H19N3O. The molecule has 0 amide bonds. The van der Waals surface area contributed by atoms with Crippen LogP contribution in [0.1, 0.15) is 31.0 Å². The second kappa shape index (κ2) is 5.80. The van der Waals surface area contributed by atoms with Crippen molar-refractivity contribution < 1.29 is 4.74 Å². The molecule has 0 aliphatic rings. The molecule has 2 rings (SSSR count). The maximum absolute atomic E-state index is 5.88. The number of methoxy groups -OCH3 is 1. The Morgan fingerprint density at radius 3 is 2.63 bits per heavy atom. The van der Waals surface area contributed by atoms with Gasteiger partial charge in [-0.1, -0.05) is 38.1 Å². The summed E-state index contributed by atoms with van der Waals surface area (Å²) < 4.78 is 5.21. The molecule has 4 nitrogen and oxygen atoms in total. The monoisotopic (exact) mass is 257 g/mol. The van der Waals surface area contributed by atoms with Crippen LogP contribution >= 0.6 is 0 Å². The highest BCUT2D eigenvalue weighted by atomic mass is 16.5. The van der Waals surface area contributed by atoms with Gasteiger partial charge in [-0.3, -0.25) is 0 Å². The van der Waals surface area contributed by atoms with Crippen LogP contribution in [0, 0.1) is 0 Å². The van der Waals surface area contributed by atoms with E-state index in [1.807, 2.05) is 30.3 Å². The smallest absolute Gasteiger partial charge is 0.162 e. The third kappa shape index (κ3) is 3.09. The van der Waals surface area contributed by atoms with Crippen LogP contribution in [0.2, 0.25) is 0 Å². The Kier molecular flexibility index (Phi) is 4.12. The summed E-state index contributed by atoms with van der Waals surface area (Å²) in [7, 11) is 1.68. The van der Waals surface area contributed by atoms with Crippen LogP contribution in [-0.2, 0) is 11.3 Å². The van der Waals surface area contributed by atoms with Crippen molar-refractivity contribution in [3.63, 3.8) is 0 Å². The zero-order valence-electron chi connectivity index (χ0n) is 11.6. The van der Waals surface area contributed by atoms with Gasteiger partial charge in [0.05, 0.1) is 6.61 Å². The number of aromatic nitrogens is 2. The molecule has 0 saturated carbocycles. The minimum atomic E-state index is 0.318. The molecule has 0 unspecified atom stereocenters. The molecule has 1 aromatic heterocycles. The van der Waals surface area contributed by atoms with E-state index in [1.165, 1.54) is 0 Å². The molecule has 0 aliphatic carbocycles. The summed E-state index contributed by atoms with van der Waals surface area (Å²) >= 11 is 0. The number of rotatable bonds is 4. The van der Waals surface area contributed by atoms with Gasteiger partial charge in [0.2, 0.25) is 0 Å². The molecule has 19 heavy (non-hydrogen) atoms. The molecule has 1 aromatic carbocycles. The molecule has 0 fully saturated rings. The average Bonchev–Trinajstić information content (AvgIpc) is 2.39. The lowest BCUT2D eigenvalue weighted by Crippen LogP contribution is -2.03. The SMILES string of the molecule is COCc1ccccc1-c1nc(N)cc(C(C)C)n1. The highest BCUT2D eigenvalue weighted by Gasteiger charge is 2.11. The van der Waals surface area contributed by atoms with E-state index >= 15 is 0 Å². The van der Waals surface area contributed by atoms with Crippen molar-refractivity contribution in [3.05, 3.63) is 41.6 Å². The molecular weight excluding hydrogens is 238 g/mol. The van der Waals surface area contributed by atoms with Gasteiger partial charge in [0, 0.05) is 24.4 Å². The fourth-order valence-corrected chi connectivity index (χ4v) is 1.92. The average molecular weight is 257 g/mol. The second-order valence-corrected chi connectivity index (χ2v) is 4.79. The Balaban J connectivity index is 2.52. The van der Waals surface area contributed by atoms with Crippen LogP contribution in [-0.4, -0.2) is 17.1 Å². The van der Waals surface area contributed by atoms with E-state index in [1.54, 1.807) is 7.11 Å². The van der Waals surface area contributed by atoms with Crippen LogP contribution in [0.25, 0.3) is 11.4 Å². The van der Waals surface area contributed by atoms with Crippen LogP contribution in [0.3, 0.4) is 0 Å². The number of hydrogen-bond donors (Lipinski definition) is 1. The van der Waals surface area contributed by atoms with Gasteiger partial charge in [0.15, 0.2) is 5.82 Å². The predicted octanol–water partition coefficient (Wildman–Crippen LogP) is 3.00. The number of nitrogens with two attached hydrogens (primary N) is 1. The number of nitrogens with zero attached hydrogens (tertiary/aromatic N) is 2. The summed E-state index contributed by atoms with van der Waals surface area (Å²) in [6.45, 7) is 4.71. The number of anilines is 1. The zero-order valence-corrected chi connectivity index (χ0v) is 11.6. The van der Waals surface area contributed by atoms with E-state index in [-0.39, 0.29) is 0 Å². The summed E-state index contributed by atoms with van der Waals surface area (Å²) in [4.78, 5) is 8.94. The molecule has 2 aromatic rings. The van der Waals surface area contributed by atoms with Crippen molar-refractivity contribution in [3.8, 4) is 11.4 Å². The third-order valence-electron chi connectivity index (χ3n) is 2.92. The number of nitrogen functional groups attached to an aromatic ring is 1. The second-order valence-electron chi connectivity index (χ2n) is 4.79. The molecule has 0 spiro atoms. The third-order valence-corrected chi connectivity index (χ3v) is 2.92. The Morgan fingerprint density at radius 2 is 1.95 bits per heavy atom. The van der Waals surface area contributed by atoms with Gasteiger partial charge >= 0.3 is 0 Å². The Hall–Kier alpha value is -1.94. The summed E-state index contributed by atoms with van der Waals surface area (Å²) in [6, 6.07) is 9.78. The molecule has 4 heteroatoms. The van der Waals surface area contributed by atoms with Gasteiger partial charge in [0.25, 0.3) is 0 Å². The predicted molar refractivity (Wildman–Crippen MR) is 76.7 cm³/mol. The van der Waals surface area contributed by atoms with Crippen molar-refractivity contribution in [2.45, 2.75) is 26.4 Å². The van der Waals surface area contributed by atoms with Crippen molar-refractivity contribution in [1.29, 1.82) is 0 Å². The number of ether oxygens (including phenoxy) is 1. The highest BCUT2D eigenvalue weighted by Crippen LogP contribution is 2.24. The van der Waals surface area contributed by atoms with Gasteiger partial charge in [-0.25, -0.2) is 9.97 Å². The summed E-state index contributed by atoms with van der Waals surface area (Å²) in [5.74, 6) is 1.48. The Bertz CT molecular complexity index is 567. The summed E-state index contributed by atoms with van der Waals surface area (Å²) in [5, 5.41) is 0. The summed E-state index contributed by atoms with van der Waals surface area (Å²) in [5.41, 5.74) is 8.86. The van der Waals surface area contributed by atoms with Crippen LogP contribution in [0.4, 0.5) is 5.82 Å². The van der Waals surface area contributed by atoms with E-state index in [0.29, 0.717) is 24.2 Å². The van der Waals surface area contributed by atoms with Crippen molar-refractivity contribution in [1.82, 2.24) is 9.97 Å². The van der Waals surface area contributed by atoms with Gasteiger partial charge in [-0.2, -0.15) is 0 Å². The molecule has 0 saturated heterocycles. The van der Waals surface area contributed by atoms with E-state index in [9.17, 15) is 0 Å². The lowest BCUT2D eigenvalue weighted by molar-refractivity contribution is 0.185. The van der Waals surface area contributed by atoms with Crippen molar-refractivity contribution in [2.75, 3.05) is 12.8 Å². The van der Waals surface area contributed by atoms with Crippen LogP contribution in [0.15, 0.2) is 30.3 Å². The number of benzene rings is 1. The molecule has 2 N–H and O–H groups in total. The lowest BCUT2D eigenvalue weighted by atomic mass is 10.1.